The van der Waals surface area contributed by atoms with Crippen LogP contribution in [0.2, 0.25) is 0 Å². The SMILES string of the molecule is C/C=C/CC1=C(N2CCCC2COC)COC1=O. The number of likely N-dealkylation sites (tertiary alicyclic amines) is 1. The molecule has 0 bridgehead atoms. The first-order valence-electron chi connectivity index (χ1n) is 6.53. The number of cyclic esters (lactones) is 1. The van der Waals surface area contributed by atoms with Crippen LogP contribution < -0.4 is 0 Å². The van der Waals surface area contributed by atoms with E-state index in [-0.39, 0.29) is 5.97 Å². The van der Waals surface area contributed by atoms with Gasteiger partial charge in [-0.05, 0) is 26.2 Å². The first-order valence-corrected chi connectivity index (χ1v) is 6.53. The van der Waals surface area contributed by atoms with Crippen molar-refractivity contribution >= 4 is 5.97 Å². The van der Waals surface area contributed by atoms with Crippen LogP contribution in [0.25, 0.3) is 0 Å². The van der Waals surface area contributed by atoms with Crippen LogP contribution >= 0.6 is 0 Å². The second-order valence-corrected chi connectivity index (χ2v) is 4.72. The molecule has 1 unspecified atom stereocenters. The van der Waals surface area contributed by atoms with Crippen molar-refractivity contribution in [3.05, 3.63) is 23.4 Å². The Kier molecular flexibility index (Phi) is 4.42. The molecule has 4 heteroatoms. The van der Waals surface area contributed by atoms with Crippen LogP contribution in [-0.4, -0.2) is 43.8 Å². The predicted octanol–water partition coefficient (Wildman–Crippen LogP) is 1.87. The van der Waals surface area contributed by atoms with Crippen LogP contribution in [0.3, 0.4) is 0 Å². The second-order valence-electron chi connectivity index (χ2n) is 4.72. The highest BCUT2D eigenvalue weighted by Gasteiger charge is 2.33. The molecule has 0 spiro atoms. The van der Waals surface area contributed by atoms with E-state index in [2.05, 4.69) is 4.90 Å². The predicted molar refractivity (Wildman–Crippen MR) is 69.0 cm³/mol. The van der Waals surface area contributed by atoms with Gasteiger partial charge in [0.05, 0.1) is 23.9 Å². The fraction of sp³-hybridized carbons (Fsp3) is 0.643. The van der Waals surface area contributed by atoms with Gasteiger partial charge in [0.1, 0.15) is 6.61 Å². The molecule has 0 aromatic carbocycles. The quantitative estimate of drug-likeness (QED) is 0.552. The summed E-state index contributed by atoms with van der Waals surface area (Å²) in [6.45, 7) is 4.10. The lowest BCUT2D eigenvalue weighted by molar-refractivity contribution is -0.136. The number of ether oxygens (including phenoxy) is 2. The zero-order valence-electron chi connectivity index (χ0n) is 11.1. The lowest BCUT2D eigenvalue weighted by Gasteiger charge is -2.27. The van der Waals surface area contributed by atoms with E-state index >= 15 is 0 Å². The number of carbonyl (C=O) groups is 1. The number of esters is 1. The fourth-order valence-electron chi connectivity index (χ4n) is 2.68. The molecule has 0 aliphatic carbocycles. The number of rotatable bonds is 5. The summed E-state index contributed by atoms with van der Waals surface area (Å²) in [6, 6.07) is 0.389. The molecule has 0 amide bonds. The fourth-order valence-corrected chi connectivity index (χ4v) is 2.68. The molecule has 1 atom stereocenters. The maximum absolute atomic E-state index is 11.7. The van der Waals surface area contributed by atoms with Gasteiger partial charge in [-0.2, -0.15) is 0 Å². The third-order valence-corrected chi connectivity index (χ3v) is 3.58. The van der Waals surface area contributed by atoms with E-state index in [9.17, 15) is 4.79 Å². The Labute approximate surface area is 108 Å². The van der Waals surface area contributed by atoms with Crippen molar-refractivity contribution in [3.63, 3.8) is 0 Å². The van der Waals surface area contributed by atoms with E-state index in [1.165, 1.54) is 0 Å². The summed E-state index contributed by atoms with van der Waals surface area (Å²) in [5.41, 5.74) is 1.88. The largest absolute Gasteiger partial charge is 0.456 e. The Morgan fingerprint density at radius 3 is 3.11 bits per heavy atom. The normalized spacial score (nSPS) is 24.4. The second kappa shape index (κ2) is 6.05. The van der Waals surface area contributed by atoms with E-state index in [0.29, 0.717) is 25.7 Å². The van der Waals surface area contributed by atoms with Gasteiger partial charge < -0.3 is 14.4 Å². The Bertz CT molecular complexity index is 373. The molecule has 1 saturated heterocycles. The molecule has 2 aliphatic rings. The van der Waals surface area contributed by atoms with Crippen LogP contribution in [0, 0.1) is 0 Å². The molecule has 0 radical (unpaired) electrons. The standard InChI is InChI=1S/C14H21NO3/c1-3-4-7-12-13(10-18-14(12)16)15-8-5-6-11(15)9-17-2/h3-4,11H,5-10H2,1-2H3/b4-3+. The van der Waals surface area contributed by atoms with Gasteiger partial charge in [0, 0.05) is 13.7 Å². The first-order chi connectivity index (χ1) is 8.77. The monoisotopic (exact) mass is 251 g/mol. The lowest BCUT2D eigenvalue weighted by Crippen LogP contribution is -2.33. The summed E-state index contributed by atoms with van der Waals surface area (Å²) in [4.78, 5) is 14.0. The molecular weight excluding hydrogens is 230 g/mol. The number of nitrogens with zero attached hydrogens (tertiary/aromatic N) is 1. The van der Waals surface area contributed by atoms with E-state index in [1.807, 2.05) is 19.1 Å². The Hall–Kier alpha value is -1.29. The van der Waals surface area contributed by atoms with Crippen molar-refractivity contribution in [2.45, 2.75) is 32.2 Å². The van der Waals surface area contributed by atoms with Crippen molar-refractivity contribution in [2.75, 3.05) is 26.9 Å². The van der Waals surface area contributed by atoms with Crippen molar-refractivity contribution in [1.29, 1.82) is 0 Å². The maximum Gasteiger partial charge on any atom is 0.336 e. The minimum absolute atomic E-state index is 0.161. The van der Waals surface area contributed by atoms with Crippen LogP contribution in [0.15, 0.2) is 23.4 Å². The zero-order chi connectivity index (χ0) is 13.0. The van der Waals surface area contributed by atoms with Gasteiger partial charge in [-0.15, -0.1) is 0 Å². The molecule has 2 rings (SSSR count). The summed E-state index contributed by atoms with van der Waals surface area (Å²) in [5.74, 6) is -0.161. The van der Waals surface area contributed by atoms with Gasteiger partial charge >= 0.3 is 5.97 Å². The number of methoxy groups -OCH3 is 1. The molecule has 0 aromatic heterocycles. The van der Waals surface area contributed by atoms with Crippen LogP contribution in [0.5, 0.6) is 0 Å². The summed E-state index contributed by atoms with van der Waals surface area (Å²) < 4.78 is 10.4. The van der Waals surface area contributed by atoms with Crippen LogP contribution in [-0.2, 0) is 14.3 Å². The van der Waals surface area contributed by atoms with Crippen LogP contribution in [0.4, 0.5) is 0 Å². The van der Waals surface area contributed by atoms with Gasteiger partial charge in [0.2, 0.25) is 0 Å². The number of allylic oxidation sites excluding steroid dienone is 2. The van der Waals surface area contributed by atoms with E-state index < -0.39 is 0 Å². The Morgan fingerprint density at radius 1 is 1.56 bits per heavy atom. The molecule has 0 aromatic rings. The molecule has 2 aliphatic heterocycles. The van der Waals surface area contributed by atoms with Crippen molar-refractivity contribution < 1.29 is 14.3 Å². The topological polar surface area (TPSA) is 38.8 Å². The van der Waals surface area contributed by atoms with E-state index in [1.54, 1.807) is 7.11 Å². The van der Waals surface area contributed by atoms with Crippen LogP contribution in [0.1, 0.15) is 26.2 Å². The smallest absolute Gasteiger partial charge is 0.336 e. The van der Waals surface area contributed by atoms with E-state index in [0.717, 1.165) is 30.7 Å². The molecule has 4 nitrogen and oxygen atoms in total. The average molecular weight is 251 g/mol. The van der Waals surface area contributed by atoms with Crippen molar-refractivity contribution in [1.82, 2.24) is 4.90 Å². The zero-order valence-corrected chi connectivity index (χ0v) is 11.1. The lowest BCUT2D eigenvalue weighted by atomic mass is 10.1. The van der Waals surface area contributed by atoms with Crippen molar-refractivity contribution in [3.8, 4) is 0 Å². The maximum atomic E-state index is 11.7. The van der Waals surface area contributed by atoms with Gasteiger partial charge in [-0.1, -0.05) is 12.2 Å². The highest BCUT2D eigenvalue weighted by molar-refractivity contribution is 5.91. The van der Waals surface area contributed by atoms with Gasteiger partial charge in [-0.3, -0.25) is 0 Å². The summed E-state index contributed by atoms with van der Waals surface area (Å²) >= 11 is 0. The third-order valence-electron chi connectivity index (χ3n) is 3.58. The van der Waals surface area contributed by atoms with Gasteiger partial charge in [0.25, 0.3) is 0 Å². The average Bonchev–Trinajstić information content (AvgIpc) is 2.94. The number of carbonyl (C=O) groups excluding carboxylic acids is 1. The van der Waals surface area contributed by atoms with Crippen molar-refractivity contribution in [2.24, 2.45) is 0 Å². The van der Waals surface area contributed by atoms with Gasteiger partial charge in [-0.25, -0.2) is 4.79 Å². The number of hydrogen-bond donors (Lipinski definition) is 0. The molecule has 0 N–H and O–H groups in total. The molecular formula is C14H21NO3. The molecule has 18 heavy (non-hydrogen) atoms. The summed E-state index contributed by atoms with van der Waals surface area (Å²) in [6.07, 6.45) is 6.92. The molecule has 2 heterocycles. The Balaban J connectivity index is 2.17. The highest BCUT2D eigenvalue weighted by atomic mass is 16.5. The molecule has 100 valence electrons. The highest BCUT2D eigenvalue weighted by Crippen LogP contribution is 2.29. The van der Waals surface area contributed by atoms with Gasteiger partial charge in [0.15, 0.2) is 0 Å². The Morgan fingerprint density at radius 2 is 2.39 bits per heavy atom. The minimum Gasteiger partial charge on any atom is -0.456 e. The van der Waals surface area contributed by atoms with E-state index in [4.69, 9.17) is 9.47 Å². The molecule has 1 fully saturated rings. The summed E-state index contributed by atoms with van der Waals surface area (Å²) in [5, 5.41) is 0. The third kappa shape index (κ3) is 2.58. The minimum atomic E-state index is -0.161. The number of hydrogen-bond acceptors (Lipinski definition) is 4. The molecule has 0 saturated carbocycles. The first kappa shape index (κ1) is 13.1. The summed E-state index contributed by atoms with van der Waals surface area (Å²) in [7, 11) is 1.72.